The summed E-state index contributed by atoms with van der Waals surface area (Å²) in [6.07, 6.45) is 0. The van der Waals surface area contributed by atoms with Gasteiger partial charge in [-0.2, -0.15) is 4.99 Å². The molecular weight excluding hydrogens is 371 g/mol. The van der Waals surface area contributed by atoms with E-state index in [4.69, 9.17) is 10.8 Å². The minimum absolute atomic E-state index is 0.133. The van der Waals surface area contributed by atoms with E-state index in [-0.39, 0.29) is 11.4 Å². The number of carbonyl (C=O) groups is 2. The third-order valence-corrected chi connectivity index (χ3v) is 4.63. The zero-order valence-electron chi connectivity index (χ0n) is 15.9. The van der Waals surface area contributed by atoms with Crippen molar-refractivity contribution in [3.63, 3.8) is 0 Å². The molecule has 3 rings (SSSR count). The third-order valence-electron chi connectivity index (χ3n) is 4.63. The lowest BCUT2D eigenvalue weighted by Crippen LogP contribution is -2.17. The van der Waals surface area contributed by atoms with Crippen LogP contribution in [0.15, 0.2) is 65.7 Å². The molecule has 0 atom stereocenters. The van der Waals surface area contributed by atoms with Gasteiger partial charge < -0.3 is 10.8 Å². The Hall–Kier alpha value is -3.80. The Balaban J connectivity index is 1.89. The van der Waals surface area contributed by atoms with Gasteiger partial charge in [0.25, 0.3) is 5.91 Å². The van der Waals surface area contributed by atoms with Gasteiger partial charge in [-0.05, 0) is 60.4 Å². The van der Waals surface area contributed by atoms with Gasteiger partial charge in [-0.25, -0.2) is 9.18 Å². The molecular formula is C23H19FN2O3. The lowest BCUT2D eigenvalue weighted by atomic mass is 9.95. The Labute approximate surface area is 167 Å². The topological polar surface area (TPSA) is 92.8 Å². The lowest BCUT2D eigenvalue weighted by molar-refractivity contribution is 0.0691. The number of aliphatic imine (C=N–C) groups is 1. The highest BCUT2D eigenvalue weighted by Crippen LogP contribution is 2.27. The van der Waals surface area contributed by atoms with Crippen molar-refractivity contribution in [3.8, 4) is 11.1 Å². The van der Waals surface area contributed by atoms with Crippen molar-refractivity contribution >= 4 is 17.7 Å². The second-order valence-electron chi connectivity index (χ2n) is 6.65. The molecule has 0 radical (unpaired) electrons. The van der Waals surface area contributed by atoms with Gasteiger partial charge in [-0.15, -0.1) is 0 Å². The number of benzene rings is 3. The van der Waals surface area contributed by atoms with E-state index in [9.17, 15) is 14.0 Å². The number of amidine groups is 1. The number of halogens is 1. The summed E-state index contributed by atoms with van der Waals surface area (Å²) in [4.78, 5) is 27.2. The van der Waals surface area contributed by atoms with Crippen molar-refractivity contribution in [2.75, 3.05) is 0 Å². The van der Waals surface area contributed by atoms with E-state index in [1.54, 1.807) is 12.1 Å². The number of nitrogens with zero attached hydrogens (tertiary/aromatic N) is 1. The van der Waals surface area contributed by atoms with Crippen LogP contribution in [0.2, 0.25) is 0 Å². The lowest BCUT2D eigenvalue weighted by Gasteiger charge is -2.10. The predicted octanol–water partition coefficient (Wildman–Crippen LogP) is 4.35. The average Bonchev–Trinajstić information content (AvgIpc) is 2.68. The van der Waals surface area contributed by atoms with Gasteiger partial charge in [0.1, 0.15) is 11.7 Å². The molecule has 0 aromatic heterocycles. The zero-order valence-corrected chi connectivity index (χ0v) is 15.9. The molecule has 6 heteroatoms. The first-order chi connectivity index (χ1) is 13.8. The van der Waals surface area contributed by atoms with E-state index in [1.807, 2.05) is 44.2 Å². The van der Waals surface area contributed by atoms with Crippen molar-refractivity contribution in [1.29, 1.82) is 0 Å². The summed E-state index contributed by atoms with van der Waals surface area (Å²) < 4.78 is 13.8. The maximum absolute atomic E-state index is 13.8. The Morgan fingerprint density at radius 2 is 1.55 bits per heavy atom. The standard InChI is InChI=1S/C23H19FN2O3/c1-13-5-3-4-6-17(13)18-9-8-16(11-14(18)2)22(27)26-21(25)15-7-10-19(23(28)29)20(24)12-15/h3-12H,1-2H3,(H,28,29)(H2,25,26,27). The van der Waals surface area contributed by atoms with Crippen LogP contribution in [-0.2, 0) is 0 Å². The largest absolute Gasteiger partial charge is 0.478 e. The van der Waals surface area contributed by atoms with Crippen molar-refractivity contribution in [2.24, 2.45) is 10.7 Å². The summed E-state index contributed by atoms with van der Waals surface area (Å²) in [5.41, 5.74) is 9.97. The SMILES string of the molecule is Cc1ccccc1-c1ccc(C(=O)N=C(N)c2ccc(C(=O)O)c(F)c2)cc1C. The van der Waals surface area contributed by atoms with Crippen LogP contribution < -0.4 is 5.73 Å². The number of nitrogens with two attached hydrogens (primary N) is 1. The predicted molar refractivity (Wildman–Crippen MR) is 110 cm³/mol. The molecule has 146 valence electrons. The summed E-state index contributed by atoms with van der Waals surface area (Å²) in [6, 6.07) is 16.6. The molecule has 0 bridgehead atoms. The summed E-state index contributed by atoms with van der Waals surface area (Å²) >= 11 is 0. The van der Waals surface area contributed by atoms with Crippen LogP contribution in [0.1, 0.15) is 37.4 Å². The molecule has 0 heterocycles. The van der Waals surface area contributed by atoms with Crippen LogP contribution in [0.25, 0.3) is 11.1 Å². The highest BCUT2D eigenvalue weighted by molar-refractivity contribution is 6.09. The van der Waals surface area contributed by atoms with Crippen molar-refractivity contribution in [2.45, 2.75) is 13.8 Å². The number of carboxylic acids is 1. The molecule has 3 N–H and O–H groups in total. The average molecular weight is 390 g/mol. The van der Waals surface area contributed by atoms with E-state index in [0.717, 1.165) is 34.4 Å². The molecule has 0 saturated carbocycles. The Kier molecular flexibility index (Phi) is 5.54. The van der Waals surface area contributed by atoms with Gasteiger partial charge in [-0.1, -0.05) is 36.4 Å². The fraction of sp³-hybridized carbons (Fsp3) is 0.0870. The van der Waals surface area contributed by atoms with Gasteiger partial charge in [-0.3, -0.25) is 4.79 Å². The van der Waals surface area contributed by atoms with E-state index < -0.39 is 23.3 Å². The normalized spacial score (nSPS) is 11.3. The summed E-state index contributed by atoms with van der Waals surface area (Å²) in [7, 11) is 0. The first-order valence-corrected chi connectivity index (χ1v) is 8.86. The molecule has 0 fully saturated rings. The maximum atomic E-state index is 13.8. The Bertz CT molecular complexity index is 1150. The number of amides is 1. The molecule has 3 aromatic carbocycles. The Morgan fingerprint density at radius 1 is 0.897 bits per heavy atom. The number of rotatable bonds is 4. The molecule has 1 amide bonds. The smallest absolute Gasteiger partial charge is 0.338 e. The quantitative estimate of drug-likeness (QED) is 0.512. The Morgan fingerprint density at radius 3 is 2.17 bits per heavy atom. The summed E-state index contributed by atoms with van der Waals surface area (Å²) in [5, 5.41) is 8.88. The maximum Gasteiger partial charge on any atom is 0.338 e. The van der Waals surface area contributed by atoms with Gasteiger partial charge >= 0.3 is 5.97 Å². The third kappa shape index (κ3) is 4.21. The monoisotopic (exact) mass is 390 g/mol. The van der Waals surface area contributed by atoms with Gasteiger partial charge in [0, 0.05) is 11.1 Å². The number of hydrogen-bond acceptors (Lipinski definition) is 2. The molecule has 0 spiro atoms. The number of aryl methyl sites for hydroxylation is 2. The van der Waals surface area contributed by atoms with Crippen molar-refractivity contribution < 1.29 is 19.1 Å². The van der Waals surface area contributed by atoms with E-state index >= 15 is 0 Å². The molecule has 3 aromatic rings. The van der Waals surface area contributed by atoms with Crippen LogP contribution in [0.3, 0.4) is 0 Å². The van der Waals surface area contributed by atoms with Crippen LogP contribution in [0.4, 0.5) is 4.39 Å². The number of carbonyl (C=O) groups excluding carboxylic acids is 1. The number of aromatic carboxylic acids is 1. The summed E-state index contributed by atoms with van der Waals surface area (Å²) in [6.45, 7) is 3.93. The van der Waals surface area contributed by atoms with E-state index in [0.29, 0.717) is 5.56 Å². The molecule has 0 saturated heterocycles. The fourth-order valence-electron chi connectivity index (χ4n) is 3.06. The van der Waals surface area contributed by atoms with Crippen LogP contribution >= 0.6 is 0 Å². The molecule has 0 aliphatic heterocycles. The number of carboxylic acid groups (broad SMARTS) is 1. The van der Waals surface area contributed by atoms with E-state index in [2.05, 4.69) is 4.99 Å². The second-order valence-corrected chi connectivity index (χ2v) is 6.65. The van der Waals surface area contributed by atoms with Crippen molar-refractivity contribution in [3.05, 3.63) is 94.3 Å². The van der Waals surface area contributed by atoms with Crippen molar-refractivity contribution in [1.82, 2.24) is 0 Å². The van der Waals surface area contributed by atoms with Crippen LogP contribution in [-0.4, -0.2) is 22.8 Å². The zero-order chi connectivity index (χ0) is 21.1. The van der Waals surface area contributed by atoms with Gasteiger partial charge in [0.2, 0.25) is 0 Å². The van der Waals surface area contributed by atoms with Crippen LogP contribution in [0.5, 0.6) is 0 Å². The number of hydrogen-bond donors (Lipinski definition) is 2. The van der Waals surface area contributed by atoms with Gasteiger partial charge in [0.15, 0.2) is 0 Å². The van der Waals surface area contributed by atoms with Crippen LogP contribution in [0, 0.1) is 19.7 Å². The highest BCUT2D eigenvalue weighted by atomic mass is 19.1. The molecule has 0 aliphatic rings. The van der Waals surface area contributed by atoms with Gasteiger partial charge in [0.05, 0.1) is 5.56 Å². The first-order valence-electron chi connectivity index (χ1n) is 8.86. The molecule has 0 unspecified atom stereocenters. The van der Waals surface area contributed by atoms with E-state index in [1.165, 1.54) is 6.07 Å². The minimum atomic E-state index is -1.38. The fourth-order valence-corrected chi connectivity index (χ4v) is 3.06. The minimum Gasteiger partial charge on any atom is -0.478 e. The first kappa shape index (κ1) is 19.9. The summed E-state index contributed by atoms with van der Waals surface area (Å²) in [5.74, 6) is -3.08. The second kappa shape index (κ2) is 8.06. The molecule has 5 nitrogen and oxygen atoms in total. The highest BCUT2D eigenvalue weighted by Gasteiger charge is 2.14. The molecule has 29 heavy (non-hydrogen) atoms. The molecule has 0 aliphatic carbocycles.